The van der Waals surface area contributed by atoms with Gasteiger partial charge in [-0.25, -0.2) is 4.98 Å². The Kier molecular flexibility index (Phi) is 6.42. The maximum absolute atomic E-state index is 5.03. The van der Waals surface area contributed by atoms with Crippen molar-refractivity contribution in [2.75, 3.05) is 7.05 Å². The summed E-state index contributed by atoms with van der Waals surface area (Å²) in [5, 5.41) is 1.36. The molecular formula is C41H34N4S. The lowest BCUT2D eigenvalue weighted by Crippen LogP contribution is -2.35. The van der Waals surface area contributed by atoms with Crippen LogP contribution in [0.2, 0.25) is 0 Å². The molecular weight excluding hydrogens is 581 g/mol. The fourth-order valence-corrected chi connectivity index (χ4v) is 8.57. The van der Waals surface area contributed by atoms with Crippen LogP contribution < -0.4 is 0 Å². The zero-order valence-electron chi connectivity index (χ0n) is 26.0. The van der Waals surface area contributed by atoms with E-state index >= 15 is 0 Å². The van der Waals surface area contributed by atoms with Crippen molar-refractivity contribution >= 4 is 49.9 Å². The van der Waals surface area contributed by atoms with Crippen molar-refractivity contribution in [2.45, 2.75) is 31.3 Å². The van der Waals surface area contributed by atoms with Gasteiger partial charge in [0, 0.05) is 40.2 Å². The van der Waals surface area contributed by atoms with Crippen molar-refractivity contribution in [3.8, 4) is 22.5 Å². The number of para-hydroxylation sites is 2. The van der Waals surface area contributed by atoms with Gasteiger partial charge in [0.05, 0.1) is 23.1 Å². The fraction of sp³-hybridized carbons (Fsp3) is 0.171. The summed E-state index contributed by atoms with van der Waals surface area (Å²) in [4.78, 5) is 13.7. The van der Waals surface area contributed by atoms with E-state index in [4.69, 9.17) is 9.98 Å². The normalized spacial score (nSPS) is 18.9. The van der Waals surface area contributed by atoms with Crippen LogP contribution in [0.25, 0.3) is 55.3 Å². The van der Waals surface area contributed by atoms with E-state index in [2.05, 4.69) is 139 Å². The molecule has 3 aliphatic rings. The smallest absolute Gasteiger partial charge is 0.140 e. The van der Waals surface area contributed by atoms with Gasteiger partial charge in [-0.05, 0) is 77.4 Å². The minimum Gasteiger partial charge on any atom is -0.351 e. The monoisotopic (exact) mass is 614 g/mol. The Bertz CT molecular complexity index is 2260. The van der Waals surface area contributed by atoms with Crippen LogP contribution >= 0.6 is 11.3 Å². The summed E-state index contributed by atoms with van der Waals surface area (Å²) in [5.41, 5.74) is 11.1. The number of allylic oxidation sites excluding steroid dienone is 3. The van der Waals surface area contributed by atoms with Gasteiger partial charge in [0.1, 0.15) is 11.7 Å². The van der Waals surface area contributed by atoms with E-state index in [1.54, 1.807) is 0 Å². The molecule has 0 radical (unpaired) electrons. The Balaban J connectivity index is 1.02. The number of aromatic nitrogens is 2. The predicted molar refractivity (Wildman–Crippen MR) is 194 cm³/mol. The van der Waals surface area contributed by atoms with Gasteiger partial charge in [0.25, 0.3) is 0 Å². The number of aliphatic imine (C=N–C) groups is 1. The maximum atomic E-state index is 5.03. The third-order valence-corrected chi connectivity index (χ3v) is 11.1. The predicted octanol–water partition coefficient (Wildman–Crippen LogP) is 9.55. The number of imidazole rings is 1. The summed E-state index contributed by atoms with van der Waals surface area (Å²) in [5.74, 6) is 2.07. The molecule has 0 saturated carbocycles. The van der Waals surface area contributed by atoms with E-state index < -0.39 is 0 Å². The highest BCUT2D eigenvalue weighted by Gasteiger charge is 2.31. The second kappa shape index (κ2) is 10.8. The van der Waals surface area contributed by atoms with E-state index in [1.807, 2.05) is 17.4 Å². The third-order valence-electron chi connectivity index (χ3n) is 9.88. The number of thiophene rings is 1. The van der Waals surface area contributed by atoms with Crippen molar-refractivity contribution in [3.63, 3.8) is 0 Å². The molecule has 2 atom stereocenters. The summed E-state index contributed by atoms with van der Waals surface area (Å²) in [6.07, 6.45) is 14.5. The first-order valence-corrected chi connectivity index (χ1v) is 17.0. The Morgan fingerprint density at radius 3 is 2.30 bits per heavy atom. The quantitative estimate of drug-likeness (QED) is 0.198. The molecule has 0 bridgehead atoms. The standard InChI is InChI=1S/C41H34N4S/c1-44-36-11-5-3-9-34(36)42-40(44)28-18-14-26(15-19-28)30-8-7-13-38-32(24-30)33-25-31(22-23-39(33)46-38)27-16-20-29(21-17-27)41-43-35-10-4-6-12-37(35)45(41)2/h3-6,9-12,14-25,34,36H,7-8,13H2,1-2H3. The minimum atomic E-state index is 0.212. The second-order valence-corrected chi connectivity index (χ2v) is 13.8. The molecule has 2 unspecified atom stereocenters. The summed E-state index contributed by atoms with van der Waals surface area (Å²) in [6, 6.07) is 33.8. The minimum absolute atomic E-state index is 0.212. The van der Waals surface area contributed by atoms with Crippen LogP contribution in [0.1, 0.15) is 34.4 Å². The van der Waals surface area contributed by atoms with E-state index in [1.165, 1.54) is 54.8 Å². The number of nitrogens with zero attached hydrogens (tertiary/aromatic N) is 4. The lowest BCUT2D eigenvalue weighted by atomic mass is 9.97. The zero-order chi connectivity index (χ0) is 30.8. The molecule has 4 aromatic carbocycles. The van der Waals surface area contributed by atoms with Crippen LogP contribution in [0.4, 0.5) is 0 Å². The molecule has 1 aliphatic heterocycles. The molecule has 0 saturated heterocycles. The molecule has 0 spiro atoms. The topological polar surface area (TPSA) is 33.4 Å². The highest BCUT2D eigenvalue weighted by Crippen LogP contribution is 2.41. The highest BCUT2D eigenvalue weighted by atomic mass is 32.1. The first-order valence-electron chi connectivity index (χ1n) is 16.2. The Hall–Kier alpha value is -5.00. The largest absolute Gasteiger partial charge is 0.351 e. The summed E-state index contributed by atoms with van der Waals surface area (Å²) in [6.45, 7) is 0. The van der Waals surface area contributed by atoms with Crippen LogP contribution in [-0.2, 0) is 13.5 Å². The number of likely N-dealkylation sites (N-methyl/N-ethyl adjacent to an activating group) is 1. The van der Waals surface area contributed by atoms with Gasteiger partial charge in [-0.1, -0.05) is 91.0 Å². The Labute approximate surface area is 273 Å². The molecule has 0 fully saturated rings. The lowest BCUT2D eigenvalue weighted by molar-refractivity contribution is 0.437. The summed E-state index contributed by atoms with van der Waals surface area (Å²) < 4.78 is 3.54. The number of fused-ring (bicyclic) bond motifs is 5. The molecule has 0 N–H and O–H groups in total. The van der Waals surface area contributed by atoms with Gasteiger partial charge in [-0.15, -0.1) is 11.3 Å². The van der Waals surface area contributed by atoms with Gasteiger partial charge in [-0.3, -0.25) is 4.99 Å². The molecule has 2 aliphatic carbocycles. The van der Waals surface area contributed by atoms with Crippen LogP contribution in [0.5, 0.6) is 0 Å². The molecule has 224 valence electrons. The van der Waals surface area contributed by atoms with Crippen LogP contribution in [-0.4, -0.2) is 39.4 Å². The number of hydrogen-bond acceptors (Lipinski definition) is 4. The molecule has 0 amide bonds. The van der Waals surface area contributed by atoms with Crippen molar-refractivity contribution in [1.82, 2.24) is 14.5 Å². The summed E-state index contributed by atoms with van der Waals surface area (Å²) >= 11 is 1.96. The number of rotatable bonds is 4. The molecule has 6 aromatic rings. The highest BCUT2D eigenvalue weighted by molar-refractivity contribution is 7.19. The third kappa shape index (κ3) is 4.49. The van der Waals surface area contributed by atoms with Gasteiger partial charge >= 0.3 is 0 Å². The number of benzene rings is 4. The van der Waals surface area contributed by atoms with E-state index in [-0.39, 0.29) is 6.04 Å². The first kappa shape index (κ1) is 27.3. The van der Waals surface area contributed by atoms with Crippen molar-refractivity contribution in [1.29, 1.82) is 0 Å². The molecule has 46 heavy (non-hydrogen) atoms. The van der Waals surface area contributed by atoms with Crippen LogP contribution in [0, 0.1) is 0 Å². The number of amidine groups is 1. The molecule has 4 nitrogen and oxygen atoms in total. The van der Waals surface area contributed by atoms with Gasteiger partial charge < -0.3 is 9.47 Å². The molecule has 5 heteroatoms. The molecule has 9 rings (SSSR count). The molecule has 2 aromatic heterocycles. The van der Waals surface area contributed by atoms with Gasteiger partial charge in [0.2, 0.25) is 0 Å². The van der Waals surface area contributed by atoms with Crippen molar-refractivity contribution in [2.24, 2.45) is 12.0 Å². The zero-order valence-corrected chi connectivity index (χ0v) is 26.8. The van der Waals surface area contributed by atoms with Crippen molar-refractivity contribution in [3.05, 3.63) is 137 Å². The maximum Gasteiger partial charge on any atom is 0.140 e. The van der Waals surface area contributed by atoms with Gasteiger partial charge in [-0.2, -0.15) is 0 Å². The lowest BCUT2D eigenvalue weighted by Gasteiger charge is -2.24. The van der Waals surface area contributed by atoms with Crippen LogP contribution in [0.15, 0.2) is 120 Å². The van der Waals surface area contributed by atoms with Crippen molar-refractivity contribution < 1.29 is 0 Å². The van der Waals surface area contributed by atoms with E-state index in [0.29, 0.717) is 6.04 Å². The molecule has 3 heterocycles. The second-order valence-electron chi connectivity index (χ2n) is 12.6. The Morgan fingerprint density at radius 1 is 0.739 bits per heavy atom. The SMILES string of the molecule is CN1C(c2ccc(C3=Cc4c(sc5ccc(-c6ccc(-c7nc8ccccc8n7C)cc6)cc45)CCC3)cc2)=NC2C=CC=CC21. The number of aryl methyl sites for hydroxylation is 2. The Morgan fingerprint density at radius 2 is 1.48 bits per heavy atom. The van der Waals surface area contributed by atoms with Crippen LogP contribution in [0.3, 0.4) is 0 Å². The summed E-state index contributed by atoms with van der Waals surface area (Å²) in [7, 11) is 4.25. The van der Waals surface area contributed by atoms with E-state index in [0.717, 1.165) is 41.1 Å². The first-order chi connectivity index (χ1) is 22.6. The average molecular weight is 615 g/mol. The van der Waals surface area contributed by atoms with Gasteiger partial charge in [0.15, 0.2) is 0 Å². The van der Waals surface area contributed by atoms with E-state index in [9.17, 15) is 0 Å². The number of hydrogen-bond donors (Lipinski definition) is 0. The fourth-order valence-electron chi connectivity index (χ4n) is 7.37. The average Bonchev–Trinajstić information content (AvgIpc) is 3.69.